The van der Waals surface area contributed by atoms with Gasteiger partial charge in [0.25, 0.3) is 0 Å². The predicted octanol–water partition coefficient (Wildman–Crippen LogP) is 5.55. The van der Waals surface area contributed by atoms with Gasteiger partial charge in [0.2, 0.25) is 5.91 Å². The quantitative estimate of drug-likeness (QED) is 0.188. The van der Waals surface area contributed by atoms with Gasteiger partial charge in [0.05, 0.1) is 19.3 Å². The first-order valence-corrected chi connectivity index (χ1v) is 15.3. The summed E-state index contributed by atoms with van der Waals surface area (Å²) in [5.74, 6) is 0.206. The number of carbonyl (C=O) groups excluding carboxylic acids is 2. The van der Waals surface area contributed by atoms with E-state index < -0.39 is 12.1 Å². The monoisotopic (exact) mass is 595 g/mol. The molecule has 3 aromatic rings. The average molecular weight is 596 g/mol. The summed E-state index contributed by atoms with van der Waals surface area (Å²) in [5, 5.41) is 10.0. The molecule has 0 aromatic heterocycles. The Morgan fingerprint density at radius 2 is 1.68 bits per heavy atom. The highest BCUT2D eigenvalue weighted by Gasteiger charge is 2.32. The van der Waals surface area contributed by atoms with Crippen LogP contribution in [0.3, 0.4) is 0 Å². The molecule has 1 saturated heterocycles. The number of nitrogens with one attached hydrogen (secondary N) is 3. The molecule has 7 nitrogen and oxygen atoms in total. The van der Waals surface area contributed by atoms with Crippen LogP contribution in [-0.4, -0.2) is 62.7 Å². The Hall–Kier alpha value is -3.04. The molecule has 1 aliphatic rings. The molecule has 0 bridgehead atoms. The van der Waals surface area contributed by atoms with Crippen molar-refractivity contribution < 1.29 is 19.1 Å². The van der Waals surface area contributed by atoms with Crippen LogP contribution in [0.15, 0.2) is 83.8 Å². The number of morpholine rings is 1. The van der Waals surface area contributed by atoms with Crippen LogP contribution in [0.4, 0.5) is 4.79 Å². The van der Waals surface area contributed by atoms with Crippen LogP contribution >= 0.6 is 23.4 Å². The zero-order valence-electron chi connectivity index (χ0n) is 23.5. The molecular formula is C32H38ClN3O4S. The van der Waals surface area contributed by atoms with Crippen LogP contribution in [0.2, 0.25) is 5.02 Å². The SMILES string of the molecule is COC(=O)NC(C(=O)NCCCC1CNCC(CSc2ccc(Cl)cc2C)O1)C(c1ccccc1)c1ccccc1. The second-order valence-electron chi connectivity index (χ2n) is 10.1. The Labute approximate surface area is 251 Å². The smallest absolute Gasteiger partial charge is 0.407 e. The number of alkyl carbamates (subject to hydrolysis) is 1. The van der Waals surface area contributed by atoms with Gasteiger partial charge in [-0.25, -0.2) is 4.79 Å². The minimum atomic E-state index is -0.849. The molecule has 1 fully saturated rings. The maximum absolute atomic E-state index is 13.5. The summed E-state index contributed by atoms with van der Waals surface area (Å²) in [6.45, 7) is 4.13. The Kier molecular flexibility index (Phi) is 11.9. The predicted molar refractivity (Wildman–Crippen MR) is 165 cm³/mol. The summed E-state index contributed by atoms with van der Waals surface area (Å²) >= 11 is 7.87. The minimum absolute atomic E-state index is 0.0722. The third-order valence-electron chi connectivity index (χ3n) is 7.08. The van der Waals surface area contributed by atoms with Crippen molar-refractivity contribution in [2.45, 2.75) is 48.8 Å². The second kappa shape index (κ2) is 15.8. The fourth-order valence-electron chi connectivity index (χ4n) is 5.04. The van der Waals surface area contributed by atoms with Crippen molar-refractivity contribution in [3.05, 3.63) is 101 Å². The number of hydrogen-bond donors (Lipinski definition) is 3. The number of aryl methyl sites for hydroxylation is 1. The van der Waals surface area contributed by atoms with Crippen LogP contribution in [0.5, 0.6) is 0 Å². The second-order valence-corrected chi connectivity index (χ2v) is 11.6. The molecule has 2 amide bonds. The number of benzene rings is 3. The molecule has 9 heteroatoms. The van der Waals surface area contributed by atoms with E-state index in [4.69, 9.17) is 21.1 Å². The van der Waals surface area contributed by atoms with Gasteiger partial charge in [0, 0.05) is 41.2 Å². The molecule has 0 aliphatic carbocycles. The van der Waals surface area contributed by atoms with Crippen molar-refractivity contribution in [3.8, 4) is 0 Å². The Morgan fingerprint density at radius 3 is 2.32 bits per heavy atom. The molecular weight excluding hydrogens is 558 g/mol. The summed E-state index contributed by atoms with van der Waals surface area (Å²) < 4.78 is 11.2. The van der Waals surface area contributed by atoms with E-state index in [1.165, 1.54) is 17.6 Å². The highest BCUT2D eigenvalue weighted by molar-refractivity contribution is 7.99. The normalized spacial score (nSPS) is 17.6. The molecule has 3 aromatic carbocycles. The average Bonchev–Trinajstić information content (AvgIpc) is 2.99. The van der Waals surface area contributed by atoms with Crippen molar-refractivity contribution in [3.63, 3.8) is 0 Å². The minimum Gasteiger partial charge on any atom is -0.453 e. The topological polar surface area (TPSA) is 88.7 Å². The summed E-state index contributed by atoms with van der Waals surface area (Å²) in [5.41, 5.74) is 3.02. The fraction of sp³-hybridized carbons (Fsp3) is 0.375. The maximum Gasteiger partial charge on any atom is 0.407 e. The van der Waals surface area contributed by atoms with Crippen LogP contribution in [0.25, 0.3) is 0 Å². The van der Waals surface area contributed by atoms with Gasteiger partial charge in [0.15, 0.2) is 0 Å². The van der Waals surface area contributed by atoms with E-state index in [2.05, 4.69) is 28.9 Å². The van der Waals surface area contributed by atoms with Crippen molar-refractivity contribution in [1.82, 2.24) is 16.0 Å². The molecule has 3 atom stereocenters. The van der Waals surface area contributed by atoms with Gasteiger partial charge in [-0.2, -0.15) is 0 Å². The van der Waals surface area contributed by atoms with Gasteiger partial charge in [-0.15, -0.1) is 11.8 Å². The van der Waals surface area contributed by atoms with Crippen LogP contribution < -0.4 is 16.0 Å². The number of methoxy groups -OCH3 is 1. The number of ether oxygens (including phenoxy) is 2. The lowest BCUT2D eigenvalue weighted by Gasteiger charge is -2.31. The highest BCUT2D eigenvalue weighted by Crippen LogP contribution is 2.29. The van der Waals surface area contributed by atoms with Gasteiger partial charge in [-0.1, -0.05) is 72.3 Å². The summed E-state index contributed by atoms with van der Waals surface area (Å²) in [6, 6.07) is 24.5. The summed E-state index contributed by atoms with van der Waals surface area (Å²) in [4.78, 5) is 27.0. The largest absolute Gasteiger partial charge is 0.453 e. The van der Waals surface area contributed by atoms with E-state index in [1.807, 2.05) is 72.8 Å². The third kappa shape index (κ3) is 9.23. The van der Waals surface area contributed by atoms with Crippen molar-refractivity contribution in [2.24, 2.45) is 0 Å². The first-order chi connectivity index (χ1) is 19.9. The first-order valence-electron chi connectivity index (χ1n) is 13.9. The first kappa shape index (κ1) is 30.9. The third-order valence-corrected chi connectivity index (χ3v) is 8.63. The number of amides is 2. The number of thioether (sulfide) groups is 1. The van der Waals surface area contributed by atoms with E-state index in [-0.39, 0.29) is 24.0 Å². The van der Waals surface area contributed by atoms with E-state index in [0.29, 0.717) is 6.54 Å². The lowest BCUT2D eigenvalue weighted by atomic mass is 9.84. The number of halogens is 1. The zero-order chi connectivity index (χ0) is 29.0. The molecule has 0 spiro atoms. The van der Waals surface area contributed by atoms with E-state index in [9.17, 15) is 9.59 Å². The number of hydrogen-bond acceptors (Lipinski definition) is 6. The molecule has 3 N–H and O–H groups in total. The summed E-state index contributed by atoms with van der Waals surface area (Å²) in [7, 11) is 1.30. The number of carbonyl (C=O) groups is 2. The lowest BCUT2D eigenvalue weighted by molar-refractivity contribution is -0.123. The molecule has 0 saturated carbocycles. The van der Waals surface area contributed by atoms with Gasteiger partial charge < -0.3 is 25.4 Å². The van der Waals surface area contributed by atoms with Crippen molar-refractivity contribution >= 4 is 35.4 Å². The van der Waals surface area contributed by atoms with Gasteiger partial charge in [-0.05, 0) is 54.7 Å². The van der Waals surface area contributed by atoms with E-state index in [0.717, 1.165) is 47.8 Å². The molecule has 1 aliphatic heterocycles. The zero-order valence-corrected chi connectivity index (χ0v) is 25.0. The molecule has 218 valence electrons. The Bertz CT molecular complexity index is 1220. The fourth-order valence-corrected chi connectivity index (χ4v) is 6.27. The summed E-state index contributed by atoms with van der Waals surface area (Å²) in [6.07, 6.45) is 1.09. The maximum atomic E-state index is 13.5. The number of rotatable bonds is 12. The molecule has 3 unspecified atom stereocenters. The molecule has 41 heavy (non-hydrogen) atoms. The van der Waals surface area contributed by atoms with E-state index >= 15 is 0 Å². The van der Waals surface area contributed by atoms with Gasteiger partial charge in [-0.3, -0.25) is 4.79 Å². The van der Waals surface area contributed by atoms with E-state index in [1.54, 1.807) is 11.8 Å². The van der Waals surface area contributed by atoms with Crippen LogP contribution in [0.1, 0.15) is 35.4 Å². The highest BCUT2D eigenvalue weighted by atomic mass is 35.5. The standard InChI is InChI=1S/C32H38ClN3O4S/c1-22-18-25(33)15-16-28(22)41-21-27-20-34-19-26(40-27)14-9-17-35-31(37)30(36-32(38)39-2)29(23-10-5-3-6-11-23)24-12-7-4-8-13-24/h3-8,10-13,15-16,18,26-27,29-30,34H,9,14,17,19-21H2,1-2H3,(H,35,37)(H,36,38). The van der Waals surface area contributed by atoms with Crippen LogP contribution in [0, 0.1) is 6.92 Å². The van der Waals surface area contributed by atoms with Gasteiger partial charge >= 0.3 is 6.09 Å². The Balaban J connectivity index is 1.32. The molecule has 1 heterocycles. The van der Waals surface area contributed by atoms with Crippen molar-refractivity contribution in [1.29, 1.82) is 0 Å². The van der Waals surface area contributed by atoms with Crippen molar-refractivity contribution in [2.75, 3.05) is 32.5 Å². The molecule has 4 rings (SSSR count). The Morgan fingerprint density at radius 1 is 1.02 bits per heavy atom. The van der Waals surface area contributed by atoms with Crippen LogP contribution in [-0.2, 0) is 14.3 Å². The lowest BCUT2D eigenvalue weighted by Crippen LogP contribution is -2.50. The molecule has 0 radical (unpaired) electrons. The van der Waals surface area contributed by atoms with Gasteiger partial charge in [0.1, 0.15) is 6.04 Å².